The fourth-order valence-electron chi connectivity index (χ4n) is 3.22. The number of carbonyl (C=O) groups is 2. The van der Waals surface area contributed by atoms with Crippen LogP contribution in [0, 0.1) is 0 Å². The summed E-state index contributed by atoms with van der Waals surface area (Å²) in [7, 11) is 1.31. The average molecular weight is 377 g/mol. The molecule has 3 aromatic carbocycles. The second kappa shape index (κ2) is 8.57. The van der Waals surface area contributed by atoms with Gasteiger partial charge in [-0.2, -0.15) is 0 Å². The Balaban J connectivity index is 2.05. The molecule has 28 heavy (non-hydrogen) atoms. The van der Waals surface area contributed by atoms with E-state index in [-0.39, 0.29) is 0 Å². The van der Waals surface area contributed by atoms with Crippen LogP contribution in [0.4, 0.5) is 5.69 Å². The molecule has 0 unspecified atom stereocenters. The summed E-state index contributed by atoms with van der Waals surface area (Å²) < 4.78 is 10.9. The largest absolute Gasteiger partial charge is 0.465 e. The lowest BCUT2D eigenvalue weighted by atomic mass is 9.99. The van der Waals surface area contributed by atoms with Gasteiger partial charge in [0.15, 0.2) is 6.29 Å². The number of anilines is 1. The standard InChI is InChI=1S/C23H23NO4/c1-3-4-6-15-9-11-21(19(24)13-15)28-20-12-10-16(14-25)22-17(20)7-5-8-18(22)23(26)27-2/h5,7-14H,3-4,6,24H2,1-2H3. The van der Waals surface area contributed by atoms with Gasteiger partial charge in [-0.25, -0.2) is 4.79 Å². The summed E-state index contributed by atoms with van der Waals surface area (Å²) in [6.45, 7) is 2.15. The maximum atomic E-state index is 12.1. The molecule has 2 N–H and O–H groups in total. The van der Waals surface area contributed by atoms with Crippen molar-refractivity contribution in [3.05, 3.63) is 65.2 Å². The Morgan fingerprint density at radius 2 is 1.89 bits per heavy atom. The number of aldehydes is 1. The molecule has 3 rings (SSSR count). The Bertz CT molecular complexity index is 1030. The van der Waals surface area contributed by atoms with Crippen LogP contribution in [0.5, 0.6) is 11.5 Å². The van der Waals surface area contributed by atoms with E-state index >= 15 is 0 Å². The van der Waals surface area contributed by atoms with E-state index < -0.39 is 5.97 Å². The van der Waals surface area contributed by atoms with Crippen molar-refractivity contribution in [3.63, 3.8) is 0 Å². The third kappa shape index (κ3) is 3.83. The van der Waals surface area contributed by atoms with Gasteiger partial charge in [0.05, 0.1) is 18.4 Å². The van der Waals surface area contributed by atoms with Crippen LogP contribution in [-0.2, 0) is 11.2 Å². The number of nitrogens with two attached hydrogens (primary N) is 1. The van der Waals surface area contributed by atoms with E-state index in [9.17, 15) is 9.59 Å². The highest BCUT2D eigenvalue weighted by Gasteiger charge is 2.17. The quantitative estimate of drug-likeness (QED) is 0.350. The van der Waals surface area contributed by atoms with Crippen molar-refractivity contribution >= 4 is 28.7 Å². The summed E-state index contributed by atoms with van der Waals surface area (Å²) in [6, 6.07) is 14.3. The number of unbranched alkanes of at least 4 members (excludes halogenated alkanes) is 1. The number of nitrogen functional groups attached to an aromatic ring is 1. The van der Waals surface area contributed by atoms with Gasteiger partial charge in [-0.15, -0.1) is 0 Å². The number of esters is 1. The van der Waals surface area contributed by atoms with Crippen LogP contribution in [-0.4, -0.2) is 19.4 Å². The lowest BCUT2D eigenvalue weighted by Gasteiger charge is -2.14. The molecule has 5 nitrogen and oxygen atoms in total. The molecule has 0 heterocycles. The third-order valence-electron chi connectivity index (χ3n) is 4.68. The van der Waals surface area contributed by atoms with Gasteiger partial charge in [-0.05, 0) is 48.7 Å². The molecule has 3 aromatic rings. The van der Waals surface area contributed by atoms with E-state index in [1.807, 2.05) is 18.2 Å². The lowest BCUT2D eigenvalue weighted by Crippen LogP contribution is -2.04. The number of hydrogen-bond donors (Lipinski definition) is 1. The number of methoxy groups -OCH3 is 1. The van der Waals surface area contributed by atoms with Crippen molar-refractivity contribution in [2.45, 2.75) is 26.2 Å². The predicted molar refractivity (Wildman–Crippen MR) is 110 cm³/mol. The van der Waals surface area contributed by atoms with Crippen LogP contribution < -0.4 is 10.5 Å². The summed E-state index contributed by atoms with van der Waals surface area (Å²) >= 11 is 0. The van der Waals surface area contributed by atoms with E-state index in [0.717, 1.165) is 25.5 Å². The molecular formula is C23H23NO4. The maximum absolute atomic E-state index is 12.1. The minimum atomic E-state index is -0.509. The highest BCUT2D eigenvalue weighted by molar-refractivity contribution is 6.12. The van der Waals surface area contributed by atoms with Crippen molar-refractivity contribution in [1.29, 1.82) is 0 Å². The zero-order valence-corrected chi connectivity index (χ0v) is 16.0. The van der Waals surface area contributed by atoms with E-state index in [0.29, 0.717) is 39.1 Å². The summed E-state index contributed by atoms with van der Waals surface area (Å²) in [5.74, 6) is 0.536. The highest BCUT2D eigenvalue weighted by atomic mass is 16.5. The van der Waals surface area contributed by atoms with Gasteiger partial charge >= 0.3 is 5.97 Å². The van der Waals surface area contributed by atoms with Crippen molar-refractivity contribution in [2.24, 2.45) is 0 Å². The molecule has 0 radical (unpaired) electrons. The summed E-state index contributed by atoms with van der Waals surface area (Å²) in [5, 5.41) is 1.14. The van der Waals surface area contributed by atoms with E-state index in [1.54, 1.807) is 30.3 Å². The summed E-state index contributed by atoms with van der Waals surface area (Å²) in [6.07, 6.45) is 3.92. The Morgan fingerprint density at radius 1 is 1.11 bits per heavy atom. The third-order valence-corrected chi connectivity index (χ3v) is 4.68. The molecule has 0 aliphatic rings. The average Bonchev–Trinajstić information content (AvgIpc) is 2.73. The topological polar surface area (TPSA) is 78.6 Å². The number of aryl methyl sites for hydroxylation is 1. The van der Waals surface area contributed by atoms with Gasteiger partial charge in [0, 0.05) is 16.3 Å². The van der Waals surface area contributed by atoms with E-state index in [1.165, 1.54) is 12.7 Å². The monoisotopic (exact) mass is 377 g/mol. The van der Waals surface area contributed by atoms with E-state index in [4.69, 9.17) is 15.2 Å². The number of carbonyl (C=O) groups excluding carboxylic acids is 2. The van der Waals surface area contributed by atoms with Gasteiger partial charge in [0.1, 0.15) is 11.5 Å². The fraction of sp³-hybridized carbons (Fsp3) is 0.217. The van der Waals surface area contributed by atoms with Crippen molar-refractivity contribution in [3.8, 4) is 11.5 Å². The molecule has 5 heteroatoms. The molecule has 0 atom stereocenters. The SMILES string of the molecule is CCCCc1ccc(Oc2ccc(C=O)c3c(C(=O)OC)cccc23)c(N)c1. The maximum Gasteiger partial charge on any atom is 0.338 e. The molecule has 0 aromatic heterocycles. The Morgan fingerprint density at radius 3 is 2.57 bits per heavy atom. The van der Waals surface area contributed by atoms with Gasteiger partial charge in [0.25, 0.3) is 0 Å². The highest BCUT2D eigenvalue weighted by Crippen LogP contribution is 2.36. The predicted octanol–water partition coefficient (Wildman–Crippen LogP) is 5.16. The first-order valence-corrected chi connectivity index (χ1v) is 9.24. The first-order chi connectivity index (χ1) is 13.6. The molecule has 0 saturated carbocycles. The molecule has 0 spiro atoms. The molecule has 0 amide bonds. The zero-order valence-electron chi connectivity index (χ0n) is 16.0. The fourth-order valence-corrected chi connectivity index (χ4v) is 3.22. The van der Waals surface area contributed by atoms with Gasteiger partial charge in [-0.1, -0.05) is 31.5 Å². The molecule has 0 aliphatic carbocycles. The summed E-state index contributed by atoms with van der Waals surface area (Å²) in [5.41, 5.74) is 8.61. The van der Waals surface area contributed by atoms with Crippen LogP contribution in [0.25, 0.3) is 10.8 Å². The molecule has 0 saturated heterocycles. The molecule has 0 aliphatic heterocycles. The van der Waals surface area contributed by atoms with Crippen LogP contribution in [0.1, 0.15) is 46.0 Å². The second-order valence-electron chi connectivity index (χ2n) is 6.57. The number of rotatable bonds is 7. The zero-order chi connectivity index (χ0) is 20.1. The van der Waals surface area contributed by atoms with E-state index in [2.05, 4.69) is 6.92 Å². The molecule has 0 fully saturated rings. The number of ether oxygens (including phenoxy) is 2. The minimum absolute atomic E-state index is 0.315. The normalized spacial score (nSPS) is 10.6. The van der Waals surface area contributed by atoms with Crippen molar-refractivity contribution in [1.82, 2.24) is 0 Å². The number of hydrogen-bond acceptors (Lipinski definition) is 5. The van der Waals surface area contributed by atoms with Crippen LogP contribution in [0.15, 0.2) is 48.5 Å². The number of benzene rings is 3. The number of fused-ring (bicyclic) bond motifs is 1. The summed E-state index contributed by atoms with van der Waals surface area (Å²) in [4.78, 5) is 23.7. The smallest absolute Gasteiger partial charge is 0.338 e. The Kier molecular flexibility index (Phi) is 5.94. The molecular weight excluding hydrogens is 354 g/mol. The molecule has 0 bridgehead atoms. The Hall–Kier alpha value is -3.34. The first-order valence-electron chi connectivity index (χ1n) is 9.24. The van der Waals surface area contributed by atoms with Crippen molar-refractivity contribution in [2.75, 3.05) is 12.8 Å². The molecule has 144 valence electrons. The second-order valence-corrected chi connectivity index (χ2v) is 6.57. The lowest BCUT2D eigenvalue weighted by molar-refractivity contribution is 0.0603. The van der Waals surface area contributed by atoms with Crippen LogP contribution in [0.2, 0.25) is 0 Å². The van der Waals surface area contributed by atoms with Gasteiger partial charge < -0.3 is 15.2 Å². The first kappa shape index (κ1) is 19.4. The Labute approximate surface area is 164 Å². The van der Waals surface area contributed by atoms with Crippen molar-refractivity contribution < 1.29 is 19.1 Å². The minimum Gasteiger partial charge on any atom is -0.465 e. The van der Waals surface area contributed by atoms with Crippen LogP contribution >= 0.6 is 0 Å². The van der Waals surface area contributed by atoms with Gasteiger partial charge in [0.2, 0.25) is 0 Å². The van der Waals surface area contributed by atoms with Crippen LogP contribution in [0.3, 0.4) is 0 Å². The van der Waals surface area contributed by atoms with Gasteiger partial charge in [-0.3, -0.25) is 4.79 Å².